The Kier molecular flexibility index (Phi) is 3.10. The van der Waals surface area contributed by atoms with Crippen molar-refractivity contribution >= 4 is 11.7 Å². The average Bonchev–Trinajstić information content (AvgIpc) is 2.71. The minimum atomic E-state index is -0.605. The van der Waals surface area contributed by atoms with Crippen LogP contribution in [0.4, 0.5) is 5.69 Å². The van der Waals surface area contributed by atoms with Crippen LogP contribution < -0.4 is 4.90 Å². The Bertz CT molecular complexity index is 366. The normalized spacial score (nSPS) is 24.5. The number of aliphatic hydroxyl groups is 1. The summed E-state index contributed by atoms with van der Waals surface area (Å²) in [7, 11) is 1.37. The number of anilines is 1. The summed E-state index contributed by atoms with van der Waals surface area (Å²) in [4.78, 5) is 13.2. The summed E-state index contributed by atoms with van der Waals surface area (Å²) >= 11 is 0. The molecule has 16 heavy (non-hydrogen) atoms. The third-order valence-electron chi connectivity index (χ3n) is 2.89. The number of ether oxygens (including phenoxy) is 1. The molecule has 86 valence electrons. The lowest BCUT2D eigenvalue weighted by atomic mass is 10.1. The Hall–Kier alpha value is -1.55. The van der Waals surface area contributed by atoms with Crippen molar-refractivity contribution in [3.05, 3.63) is 30.3 Å². The van der Waals surface area contributed by atoms with Gasteiger partial charge >= 0.3 is 5.97 Å². The van der Waals surface area contributed by atoms with E-state index in [4.69, 9.17) is 0 Å². The summed E-state index contributed by atoms with van der Waals surface area (Å²) in [6, 6.07) is 9.58. The zero-order valence-corrected chi connectivity index (χ0v) is 9.17. The second-order valence-corrected chi connectivity index (χ2v) is 3.92. The Morgan fingerprint density at radius 1 is 1.44 bits per heavy atom. The smallest absolute Gasteiger partial charge is 0.310 e. The van der Waals surface area contributed by atoms with E-state index in [0.717, 1.165) is 5.69 Å². The maximum absolute atomic E-state index is 11.4. The van der Waals surface area contributed by atoms with E-state index in [2.05, 4.69) is 4.74 Å². The molecule has 1 saturated heterocycles. The van der Waals surface area contributed by atoms with Gasteiger partial charge in [-0.2, -0.15) is 0 Å². The number of methoxy groups -OCH3 is 1. The van der Waals surface area contributed by atoms with Crippen molar-refractivity contribution in [1.29, 1.82) is 0 Å². The molecule has 0 spiro atoms. The van der Waals surface area contributed by atoms with Crippen LogP contribution in [0.25, 0.3) is 0 Å². The van der Waals surface area contributed by atoms with Crippen LogP contribution in [-0.4, -0.2) is 31.0 Å². The molecule has 0 aliphatic carbocycles. The van der Waals surface area contributed by atoms with Gasteiger partial charge < -0.3 is 14.7 Å². The lowest BCUT2D eigenvalue weighted by Crippen LogP contribution is -2.29. The molecule has 4 heteroatoms. The molecule has 2 rings (SSSR count). The van der Waals surface area contributed by atoms with Crippen LogP contribution in [0.15, 0.2) is 30.3 Å². The van der Waals surface area contributed by atoms with Crippen molar-refractivity contribution in [2.24, 2.45) is 5.92 Å². The topological polar surface area (TPSA) is 49.8 Å². The zero-order chi connectivity index (χ0) is 11.5. The molecule has 0 bridgehead atoms. The molecule has 1 heterocycles. The van der Waals surface area contributed by atoms with Crippen molar-refractivity contribution in [2.45, 2.75) is 12.6 Å². The lowest BCUT2D eigenvalue weighted by molar-refractivity contribution is -0.144. The van der Waals surface area contributed by atoms with E-state index in [0.29, 0.717) is 13.0 Å². The molecule has 0 aromatic heterocycles. The third-order valence-corrected chi connectivity index (χ3v) is 2.89. The second kappa shape index (κ2) is 4.53. The minimum absolute atomic E-state index is 0.236. The number of carbonyl (C=O) groups is 1. The Labute approximate surface area is 94.4 Å². The molecule has 4 nitrogen and oxygen atoms in total. The highest BCUT2D eigenvalue weighted by Crippen LogP contribution is 2.28. The van der Waals surface area contributed by atoms with Crippen LogP contribution in [0.2, 0.25) is 0 Å². The Morgan fingerprint density at radius 2 is 2.12 bits per heavy atom. The number of hydrogen-bond donors (Lipinski definition) is 1. The van der Waals surface area contributed by atoms with E-state index < -0.39 is 6.23 Å². The predicted molar refractivity (Wildman–Crippen MR) is 59.9 cm³/mol. The Morgan fingerprint density at radius 3 is 2.75 bits per heavy atom. The van der Waals surface area contributed by atoms with Crippen molar-refractivity contribution < 1.29 is 14.6 Å². The summed E-state index contributed by atoms with van der Waals surface area (Å²) in [6.45, 7) is 0.512. The lowest BCUT2D eigenvalue weighted by Gasteiger charge is -2.22. The number of aliphatic hydroxyl groups excluding tert-OH is 1. The van der Waals surface area contributed by atoms with Crippen molar-refractivity contribution in [3.63, 3.8) is 0 Å². The predicted octanol–water partition coefficient (Wildman–Crippen LogP) is 1.00. The van der Waals surface area contributed by atoms with Crippen LogP contribution in [0.5, 0.6) is 0 Å². The van der Waals surface area contributed by atoms with Crippen LogP contribution in [0, 0.1) is 5.92 Å². The van der Waals surface area contributed by atoms with Gasteiger partial charge in [-0.05, 0) is 12.1 Å². The number of rotatable bonds is 2. The molecule has 0 amide bonds. The fraction of sp³-hybridized carbons (Fsp3) is 0.417. The van der Waals surface area contributed by atoms with E-state index in [-0.39, 0.29) is 11.9 Å². The highest BCUT2D eigenvalue weighted by atomic mass is 16.5. The fourth-order valence-electron chi connectivity index (χ4n) is 2.05. The first kappa shape index (κ1) is 11.0. The summed E-state index contributed by atoms with van der Waals surface area (Å²) in [5, 5.41) is 9.88. The van der Waals surface area contributed by atoms with Crippen LogP contribution in [0.3, 0.4) is 0 Å². The number of hydrogen-bond acceptors (Lipinski definition) is 4. The van der Waals surface area contributed by atoms with E-state index >= 15 is 0 Å². The number of carbonyl (C=O) groups excluding carboxylic acids is 1. The molecule has 0 radical (unpaired) electrons. The van der Waals surface area contributed by atoms with Crippen molar-refractivity contribution in [3.8, 4) is 0 Å². The monoisotopic (exact) mass is 221 g/mol. The molecule has 2 unspecified atom stereocenters. The average molecular weight is 221 g/mol. The van der Waals surface area contributed by atoms with Crippen molar-refractivity contribution in [2.75, 3.05) is 18.6 Å². The van der Waals surface area contributed by atoms with Crippen LogP contribution >= 0.6 is 0 Å². The van der Waals surface area contributed by atoms with Gasteiger partial charge in [0, 0.05) is 18.7 Å². The standard InChI is InChI=1S/C12H15NO3/c1-16-12(15)9-7-11(14)13(8-9)10-5-3-2-4-6-10/h2-6,9,11,14H,7-8H2,1H3. The molecule has 1 aliphatic heterocycles. The molecule has 1 aromatic carbocycles. The van der Waals surface area contributed by atoms with Crippen molar-refractivity contribution in [1.82, 2.24) is 0 Å². The van der Waals surface area contributed by atoms with Gasteiger partial charge in [0.05, 0.1) is 13.0 Å². The van der Waals surface area contributed by atoms with Gasteiger partial charge in [0.2, 0.25) is 0 Å². The molecule has 2 atom stereocenters. The van der Waals surface area contributed by atoms with Crippen LogP contribution in [0.1, 0.15) is 6.42 Å². The minimum Gasteiger partial charge on any atom is -0.469 e. The largest absolute Gasteiger partial charge is 0.469 e. The molecule has 1 N–H and O–H groups in total. The first-order chi connectivity index (χ1) is 7.72. The van der Waals surface area contributed by atoms with E-state index in [1.165, 1.54) is 7.11 Å². The first-order valence-electron chi connectivity index (χ1n) is 5.30. The second-order valence-electron chi connectivity index (χ2n) is 3.92. The number of para-hydroxylation sites is 1. The number of nitrogens with zero attached hydrogens (tertiary/aromatic N) is 1. The quantitative estimate of drug-likeness (QED) is 0.757. The molecular formula is C12H15NO3. The molecular weight excluding hydrogens is 206 g/mol. The van der Waals surface area contributed by atoms with Gasteiger partial charge in [0.1, 0.15) is 6.23 Å². The zero-order valence-electron chi connectivity index (χ0n) is 9.17. The van der Waals surface area contributed by atoms with Gasteiger partial charge in [-0.3, -0.25) is 4.79 Å². The summed E-state index contributed by atoms with van der Waals surface area (Å²) in [5.74, 6) is -0.488. The molecule has 0 saturated carbocycles. The molecule has 1 fully saturated rings. The van der Waals surface area contributed by atoms with E-state index in [9.17, 15) is 9.90 Å². The van der Waals surface area contributed by atoms with Gasteiger partial charge in [-0.15, -0.1) is 0 Å². The highest BCUT2D eigenvalue weighted by molar-refractivity contribution is 5.74. The maximum Gasteiger partial charge on any atom is 0.310 e. The van der Waals surface area contributed by atoms with Crippen LogP contribution in [-0.2, 0) is 9.53 Å². The summed E-state index contributed by atoms with van der Waals surface area (Å²) in [5.41, 5.74) is 0.932. The van der Waals surface area contributed by atoms with Gasteiger partial charge in [0.15, 0.2) is 0 Å². The number of benzene rings is 1. The van der Waals surface area contributed by atoms with E-state index in [1.807, 2.05) is 35.2 Å². The SMILES string of the molecule is COC(=O)C1CC(O)N(c2ccccc2)C1. The Balaban J connectivity index is 2.11. The third kappa shape index (κ3) is 2.02. The fourth-order valence-corrected chi connectivity index (χ4v) is 2.05. The summed E-state index contributed by atoms with van der Waals surface area (Å²) < 4.78 is 4.69. The maximum atomic E-state index is 11.4. The number of esters is 1. The first-order valence-corrected chi connectivity index (χ1v) is 5.30. The van der Waals surface area contributed by atoms with Gasteiger partial charge in [-0.25, -0.2) is 0 Å². The summed E-state index contributed by atoms with van der Waals surface area (Å²) in [6.07, 6.45) is -0.173. The van der Waals surface area contributed by atoms with Gasteiger partial charge in [0.25, 0.3) is 0 Å². The molecule has 1 aromatic rings. The molecule has 1 aliphatic rings. The van der Waals surface area contributed by atoms with Gasteiger partial charge in [-0.1, -0.05) is 18.2 Å². The van der Waals surface area contributed by atoms with E-state index in [1.54, 1.807) is 0 Å². The highest BCUT2D eigenvalue weighted by Gasteiger charge is 2.35.